The molecule has 0 bridgehead atoms. The van der Waals surface area contributed by atoms with Gasteiger partial charge in [0.2, 0.25) is 0 Å². The highest BCUT2D eigenvalue weighted by Crippen LogP contribution is 2.40. The number of hydrogen-bond donors (Lipinski definition) is 1. The Morgan fingerprint density at radius 1 is 1.38 bits per heavy atom. The van der Waals surface area contributed by atoms with Crippen molar-refractivity contribution in [3.63, 3.8) is 0 Å². The van der Waals surface area contributed by atoms with Crippen LogP contribution in [0.15, 0.2) is 28.7 Å². The number of methoxy groups -OCH3 is 1. The highest BCUT2D eigenvalue weighted by molar-refractivity contribution is 9.10. The number of amides is 1. The van der Waals surface area contributed by atoms with Crippen LogP contribution in [0, 0.1) is 5.92 Å². The average molecular weight is 408 g/mol. The Balaban J connectivity index is 1.95. The van der Waals surface area contributed by atoms with E-state index in [1.54, 1.807) is 18.2 Å². The number of rotatable bonds is 3. The summed E-state index contributed by atoms with van der Waals surface area (Å²) in [7, 11) is 1.37. The van der Waals surface area contributed by atoms with Crippen molar-refractivity contribution in [2.45, 2.75) is 26.2 Å². The summed E-state index contributed by atoms with van der Waals surface area (Å²) < 4.78 is 5.78. The molecule has 0 aliphatic heterocycles. The van der Waals surface area contributed by atoms with Crippen molar-refractivity contribution in [3.8, 4) is 0 Å². The van der Waals surface area contributed by atoms with Crippen molar-refractivity contribution in [1.29, 1.82) is 0 Å². The largest absolute Gasteiger partial charge is 0.465 e. The third kappa shape index (κ3) is 3.39. The second kappa shape index (κ2) is 7.07. The number of halogens is 1. The third-order valence-electron chi connectivity index (χ3n) is 4.22. The van der Waals surface area contributed by atoms with Gasteiger partial charge in [0.05, 0.1) is 12.7 Å². The quantitative estimate of drug-likeness (QED) is 0.751. The van der Waals surface area contributed by atoms with E-state index in [-0.39, 0.29) is 11.9 Å². The molecule has 1 unspecified atom stereocenters. The topological polar surface area (TPSA) is 55.4 Å². The van der Waals surface area contributed by atoms with Gasteiger partial charge in [-0.15, -0.1) is 11.3 Å². The number of carbonyl (C=O) groups is 2. The lowest BCUT2D eigenvalue weighted by Crippen LogP contribution is -2.16. The van der Waals surface area contributed by atoms with Gasteiger partial charge in [-0.25, -0.2) is 4.79 Å². The molecular weight excluding hydrogens is 390 g/mol. The summed E-state index contributed by atoms with van der Waals surface area (Å²) in [5.74, 6) is -0.0185. The Bertz CT molecular complexity index is 800. The van der Waals surface area contributed by atoms with E-state index in [4.69, 9.17) is 4.74 Å². The predicted octanol–water partition coefficient (Wildman–Crippen LogP) is 4.67. The normalized spacial score (nSPS) is 16.4. The Hall–Kier alpha value is -1.66. The highest BCUT2D eigenvalue weighted by Gasteiger charge is 2.29. The van der Waals surface area contributed by atoms with E-state index in [0.717, 1.165) is 29.3 Å². The number of nitrogens with one attached hydrogen (secondary N) is 1. The molecule has 1 aliphatic rings. The van der Waals surface area contributed by atoms with E-state index in [1.165, 1.54) is 23.3 Å². The first-order chi connectivity index (χ1) is 11.5. The number of carbonyl (C=O) groups excluding carboxylic acids is 2. The zero-order chi connectivity index (χ0) is 17.3. The van der Waals surface area contributed by atoms with Crippen LogP contribution in [-0.2, 0) is 17.6 Å². The van der Waals surface area contributed by atoms with E-state index in [9.17, 15) is 9.59 Å². The lowest BCUT2D eigenvalue weighted by atomic mass is 9.88. The Labute approximate surface area is 153 Å². The Kier molecular flexibility index (Phi) is 5.06. The van der Waals surface area contributed by atoms with Crippen molar-refractivity contribution in [1.82, 2.24) is 0 Å². The van der Waals surface area contributed by atoms with Crippen molar-refractivity contribution in [2.24, 2.45) is 5.92 Å². The summed E-state index contributed by atoms with van der Waals surface area (Å²) >= 11 is 4.86. The minimum absolute atomic E-state index is 0.229. The summed E-state index contributed by atoms with van der Waals surface area (Å²) in [5, 5.41) is 3.49. The number of benzene rings is 1. The molecule has 6 heteroatoms. The van der Waals surface area contributed by atoms with Crippen LogP contribution >= 0.6 is 27.3 Å². The van der Waals surface area contributed by atoms with E-state index >= 15 is 0 Å². The first kappa shape index (κ1) is 17.2. The molecule has 3 rings (SSSR count). The maximum absolute atomic E-state index is 12.5. The van der Waals surface area contributed by atoms with E-state index in [0.29, 0.717) is 22.0 Å². The second-order valence-corrected chi connectivity index (χ2v) is 8.03. The minimum atomic E-state index is -0.383. The predicted molar refractivity (Wildman–Crippen MR) is 98.9 cm³/mol. The van der Waals surface area contributed by atoms with Gasteiger partial charge in [-0.1, -0.05) is 28.9 Å². The van der Waals surface area contributed by atoms with E-state index in [1.807, 2.05) is 6.07 Å². The molecule has 2 aromatic rings. The SMILES string of the molecule is COC(=O)c1c(NC(=O)c2cccc(Br)c2)sc2c1CCC(C)C2. The van der Waals surface area contributed by atoms with Gasteiger partial charge in [0.15, 0.2) is 0 Å². The number of fused-ring (bicyclic) bond motifs is 1. The zero-order valence-corrected chi connectivity index (χ0v) is 15.9. The number of anilines is 1. The zero-order valence-electron chi connectivity index (χ0n) is 13.5. The first-order valence-electron chi connectivity index (χ1n) is 7.79. The molecule has 1 aromatic carbocycles. The molecule has 0 fully saturated rings. The van der Waals surface area contributed by atoms with Crippen LogP contribution in [0.5, 0.6) is 0 Å². The molecule has 0 saturated carbocycles. The molecule has 0 spiro atoms. The van der Waals surface area contributed by atoms with E-state index < -0.39 is 0 Å². The van der Waals surface area contributed by atoms with Gasteiger partial charge in [-0.05, 0) is 48.9 Å². The summed E-state index contributed by atoms with van der Waals surface area (Å²) in [5.41, 5.74) is 2.10. The smallest absolute Gasteiger partial charge is 0.341 e. The summed E-state index contributed by atoms with van der Waals surface area (Å²) in [6.45, 7) is 2.21. The van der Waals surface area contributed by atoms with E-state index in [2.05, 4.69) is 28.2 Å². The Morgan fingerprint density at radius 3 is 2.88 bits per heavy atom. The minimum Gasteiger partial charge on any atom is -0.465 e. The summed E-state index contributed by atoms with van der Waals surface area (Å²) in [4.78, 5) is 26.0. The maximum atomic E-state index is 12.5. The van der Waals surface area contributed by atoms with Gasteiger partial charge < -0.3 is 10.1 Å². The van der Waals surface area contributed by atoms with Crippen LogP contribution in [0.25, 0.3) is 0 Å². The van der Waals surface area contributed by atoms with Gasteiger partial charge in [0.25, 0.3) is 5.91 Å². The fraction of sp³-hybridized carbons (Fsp3) is 0.333. The molecule has 4 nitrogen and oxygen atoms in total. The van der Waals surface area contributed by atoms with Crippen LogP contribution in [0.4, 0.5) is 5.00 Å². The van der Waals surface area contributed by atoms with Gasteiger partial charge in [0, 0.05) is 14.9 Å². The second-order valence-electron chi connectivity index (χ2n) is 6.01. The van der Waals surface area contributed by atoms with Crippen LogP contribution < -0.4 is 5.32 Å². The molecule has 24 heavy (non-hydrogen) atoms. The molecule has 126 valence electrons. The van der Waals surface area contributed by atoms with Crippen LogP contribution in [0.1, 0.15) is 44.5 Å². The van der Waals surface area contributed by atoms with Gasteiger partial charge in [-0.2, -0.15) is 0 Å². The molecular formula is C18H18BrNO3S. The lowest BCUT2D eigenvalue weighted by Gasteiger charge is -2.18. The van der Waals surface area contributed by atoms with Crippen molar-refractivity contribution in [3.05, 3.63) is 50.3 Å². The summed E-state index contributed by atoms with van der Waals surface area (Å²) in [6.07, 6.45) is 2.84. The average Bonchev–Trinajstić information content (AvgIpc) is 2.90. The number of ether oxygens (including phenoxy) is 1. The Morgan fingerprint density at radius 2 is 2.17 bits per heavy atom. The van der Waals surface area contributed by atoms with Crippen LogP contribution in [-0.4, -0.2) is 19.0 Å². The highest BCUT2D eigenvalue weighted by atomic mass is 79.9. The van der Waals surface area contributed by atoms with Crippen LogP contribution in [0.3, 0.4) is 0 Å². The number of hydrogen-bond acceptors (Lipinski definition) is 4. The number of esters is 1. The molecule has 1 amide bonds. The molecule has 1 N–H and O–H groups in total. The molecule has 1 aliphatic carbocycles. The molecule has 0 saturated heterocycles. The molecule has 1 heterocycles. The van der Waals surface area contributed by atoms with Crippen molar-refractivity contribution >= 4 is 44.1 Å². The fourth-order valence-electron chi connectivity index (χ4n) is 2.96. The standard InChI is InChI=1S/C18H18BrNO3S/c1-10-6-7-13-14(8-10)24-17(15(13)18(22)23-2)20-16(21)11-4-3-5-12(19)9-11/h3-5,9-10H,6-8H2,1-2H3,(H,20,21). The van der Waals surface area contributed by atoms with Crippen LogP contribution in [0.2, 0.25) is 0 Å². The lowest BCUT2D eigenvalue weighted by molar-refractivity contribution is 0.0601. The molecule has 1 atom stereocenters. The van der Waals surface area contributed by atoms with Gasteiger partial charge >= 0.3 is 5.97 Å². The maximum Gasteiger partial charge on any atom is 0.341 e. The first-order valence-corrected chi connectivity index (χ1v) is 9.40. The molecule has 0 radical (unpaired) electrons. The van der Waals surface area contributed by atoms with Gasteiger partial charge in [0.1, 0.15) is 5.00 Å². The monoisotopic (exact) mass is 407 g/mol. The molecule has 1 aromatic heterocycles. The third-order valence-corrected chi connectivity index (χ3v) is 5.88. The van der Waals surface area contributed by atoms with Crippen molar-refractivity contribution in [2.75, 3.05) is 12.4 Å². The van der Waals surface area contributed by atoms with Crippen molar-refractivity contribution < 1.29 is 14.3 Å². The summed E-state index contributed by atoms with van der Waals surface area (Å²) in [6, 6.07) is 7.17. The number of thiophene rings is 1. The van der Waals surface area contributed by atoms with Gasteiger partial charge in [-0.3, -0.25) is 4.79 Å². The fourth-order valence-corrected chi connectivity index (χ4v) is 4.75.